The van der Waals surface area contributed by atoms with Crippen molar-refractivity contribution < 1.29 is 8.83 Å². The minimum absolute atomic E-state index is 0.877. The average molecular weight is 743 g/mol. The molecule has 0 atom stereocenters. The van der Waals surface area contributed by atoms with E-state index in [1.807, 2.05) is 6.07 Å². The quantitative estimate of drug-likeness (QED) is 0.170. The predicted octanol–water partition coefficient (Wildman–Crippen LogP) is 15.4. The van der Waals surface area contributed by atoms with Gasteiger partial charge in [-0.1, -0.05) is 133 Å². The summed E-state index contributed by atoms with van der Waals surface area (Å²) in [6.45, 7) is 0. The Balaban J connectivity index is 1.01. The van der Waals surface area contributed by atoms with Gasteiger partial charge in [0.2, 0.25) is 0 Å². The summed E-state index contributed by atoms with van der Waals surface area (Å²) in [6, 6.07) is 72.9. The van der Waals surface area contributed by atoms with Gasteiger partial charge < -0.3 is 18.3 Å². The van der Waals surface area contributed by atoms with E-state index in [-0.39, 0.29) is 0 Å². The summed E-state index contributed by atoms with van der Waals surface area (Å²) in [5, 5.41) is 6.71. The fraction of sp³-hybridized carbons (Fsp3) is 0. The van der Waals surface area contributed by atoms with Gasteiger partial charge >= 0.3 is 0 Å². The number of aromatic nitrogens is 1. The van der Waals surface area contributed by atoms with Crippen LogP contribution in [0.5, 0.6) is 0 Å². The fourth-order valence-corrected chi connectivity index (χ4v) is 8.97. The predicted molar refractivity (Wildman–Crippen MR) is 241 cm³/mol. The summed E-state index contributed by atoms with van der Waals surface area (Å²) in [4.78, 5) is 2.28. The maximum absolute atomic E-state index is 6.98. The zero-order valence-corrected chi connectivity index (χ0v) is 31.3. The first-order chi connectivity index (χ1) is 28.8. The molecule has 12 rings (SSSR count). The summed E-state index contributed by atoms with van der Waals surface area (Å²) in [5.41, 5.74) is 14.5. The van der Waals surface area contributed by atoms with E-state index in [2.05, 4.69) is 210 Å². The molecule has 0 aliphatic rings. The highest BCUT2D eigenvalue weighted by molar-refractivity contribution is 6.24. The standard InChI is InChI=1S/C54H34N2O2/c1-4-14-37(15-5-1)55(38-16-6-2-7-17-38)40-29-26-35(27-30-40)41-21-12-23-44-45-24-13-22-42(53(45)58-52(41)44)36-28-31-47-49(34-36)56(39-18-8-3-9-19-39)48-33-32-46-43-20-10-11-25-50(43)57-54(46)51(47)48/h1-34H. The van der Waals surface area contributed by atoms with Crippen molar-refractivity contribution in [3.05, 3.63) is 206 Å². The van der Waals surface area contributed by atoms with Crippen molar-refractivity contribution in [2.24, 2.45) is 0 Å². The molecule has 0 saturated heterocycles. The summed E-state index contributed by atoms with van der Waals surface area (Å²) in [5.74, 6) is 0. The number of para-hydroxylation sites is 6. The number of benzene rings is 9. The van der Waals surface area contributed by atoms with Crippen LogP contribution in [0.25, 0.3) is 93.6 Å². The van der Waals surface area contributed by atoms with E-state index in [9.17, 15) is 0 Å². The molecule has 4 nitrogen and oxygen atoms in total. The van der Waals surface area contributed by atoms with Crippen LogP contribution in [0.3, 0.4) is 0 Å². The lowest BCUT2D eigenvalue weighted by molar-refractivity contribution is 0.671. The Morgan fingerprint density at radius 1 is 0.345 bits per heavy atom. The van der Waals surface area contributed by atoms with Crippen LogP contribution in [0.15, 0.2) is 215 Å². The van der Waals surface area contributed by atoms with Crippen LogP contribution in [0.4, 0.5) is 17.1 Å². The molecular weight excluding hydrogens is 709 g/mol. The summed E-state index contributed by atoms with van der Waals surface area (Å²) in [6.07, 6.45) is 0. The van der Waals surface area contributed by atoms with Gasteiger partial charge in [0.15, 0.2) is 0 Å². The summed E-state index contributed by atoms with van der Waals surface area (Å²) >= 11 is 0. The van der Waals surface area contributed by atoms with Crippen molar-refractivity contribution >= 4 is 82.7 Å². The average Bonchev–Trinajstić information content (AvgIpc) is 3.97. The molecule has 0 bridgehead atoms. The zero-order chi connectivity index (χ0) is 38.2. The van der Waals surface area contributed by atoms with Crippen LogP contribution in [0.1, 0.15) is 0 Å². The molecule has 0 N–H and O–H groups in total. The maximum atomic E-state index is 6.98. The van der Waals surface area contributed by atoms with Crippen LogP contribution in [-0.2, 0) is 0 Å². The second kappa shape index (κ2) is 12.9. The Kier molecular flexibility index (Phi) is 7.20. The van der Waals surface area contributed by atoms with Crippen molar-refractivity contribution in [1.82, 2.24) is 4.57 Å². The van der Waals surface area contributed by atoms with Gasteiger partial charge in [0.1, 0.15) is 22.3 Å². The lowest BCUT2D eigenvalue weighted by Gasteiger charge is -2.25. The third-order valence-corrected chi connectivity index (χ3v) is 11.6. The first kappa shape index (κ1) is 32.4. The molecule has 9 aromatic carbocycles. The highest BCUT2D eigenvalue weighted by Crippen LogP contribution is 2.44. The number of rotatable bonds is 6. The van der Waals surface area contributed by atoms with Crippen molar-refractivity contribution in [2.75, 3.05) is 4.90 Å². The Hall–Kier alpha value is -7.82. The molecular formula is C54H34N2O2. The van der Waals surface area contributed by atoms with E-state index in [0.29, 0.717) is 0 Å². The molecule has 0 spiro atoms. The van der Waals surface area contributed by atoms with Crippen molar-refractivity contribution in [2.45, 2.75) is 0 Å². The SMILES string of the molecule is c1ccc(N(c2ccccc2)c2ccc(-c3cccc4c3oc3c(-c5ccc6c7c8oc9ccccc9c8ccc7n(-c7ccccc7)c6c5)cccc34)cc2)cc1. The number of anilines is 3. The fourth-order valence-electron chi connectivity index (χ4n) is 8.97. The molecule has 0 aliphatic carbocycles. The molecule has 0 fully saturated rings. The zero-order valence-electron chi connectivity index (χ0n) is 31.3. The third-order valence-electron chi connectivity index (χ3n) is 11.6. The van der Waals surface area contributed by atoms with Gasteiger partial charge in [-0.15, -0.1) is 0 Å². The molecule has 3 heterocycles. The van der Waals surface area contributed by atoms with Crippen LogP contribution in [-0.4, -0.2) is 4.57 Å². The van der Waals surface area contributed by atoms with Gasteiger partial charge in [-0.2, -0.15) is 0 Å². The number of fused-ring (bicyclic) bond motifs is 10. The lowest BCUT2D eigenvalue weighted by atomic mass is 9.99. The van der Waals surface area contributed by atoms with Crippen molar-refractivity contribution in [3.8, 4) is 27.9 Å². The number of furan rings is 2. The minimum Gasteiger partial charge on any atom is -0.455 e. The monoisotopic (exact) mass is 742 g/mol. The van der Waals surface area contributed by atoms with Gasteiger partial charge in [-0.05, 0) is 83.9 Å². The summed E-state index contributed by atoms with van der Waals surface area (Å²) < 4.78 is 15.9. The second-order valence-electron chi connectivity index (χ2n) is 14.9. The molecule has 0 radical (unpaired) electrons. The van der Waals surface area contributed by atoms with Crippen LogP contribution in [0, 0.1) is 0 Å². The molecule has 0 amide bonds. The van der Waals surface area contributed by atoms with Crippen molar-refractivity contribution in [3.63, 3.8) is 0 Å². The van der Waals surface area contributed by atoms with Gasteiger partial charge in [-0.3, -0.25) is 0 Å². The Labute approximate surface area is 334 Å². The summed E-state index contributed by atoms with van der Waals surface area (Å²) in [7, 11) is 0. The lowest BCUT2D eigenvalue weighted by Crippen LogP contribution is -2.09. The molecule has 272 valence electrons. The Morgan fingerprint density at radius 3 is 1.57 bits per heavy atom. The number of nitrogens with zero attached hydrogens (tertiary/aromatic N) is 2. The van der Waals surface area contributed by atoms with Gasteiger partial charge in [0, 0.05) is 60.8 Å². The smallest absolute Gasteiger partial charge is 0.145 e. The third kappa shape index (κ3) is 4.95. The highest BCUT2D eigenvalue weighted by atomic mass is 16.3. The Bertz CT molecular complexity index is 3450. The molecule has 0 saturated carbocycles. The van der Waals surface area contributed by atoms with Crippen LogP contribution >= 0.6 is 0 Å². The van der Waals surface area contributed by atoms with Crippen LogP contribution in [0.2, 0.25) is 0 Å². The molecule has 12 aromatic rings. The normalized spacial score (nSPS) is 11.8. The first-order valence-electron chi connectivity index (χ1n) is 19.7. The van der Waals surface area contributed by atoms with E-state index in [1.54, 1.807) is 0 Å². The second-order valence-corrected chi connectivity index (χ2v) is 14.9. The van der Waals surface area contributed by atoms with E-state index in [1.165, 1.54) is 0 Å². The topological polar surface area (TPSA) is 34.5 Å². The van der Waals surface area contributed by atoms with Crippen LogP contribution < -0.4 is 4.90 Å². The van der Waals surface area contributed by atoms with Gasteiger partial charge in [0.05, 0.1) is 16.4 Å². The highest BCUT2D eigenvalue weighted by Gasteiger charge is 2.21. The van der Waals surface area contributed by atoms with E-state index in [0.717, 1.165) is 111 Å². The van der Waals surface area contributed by atoms with E-state index < -0.39 is 0 Å². The van der Waals surface area contributed by atoms with Gasteiger partial charge in [0.25, 0.3) is 0 Å². The molecule has 58 heavy (non-hydrogen) atoms. The van der Waals surface area contributed by atoms with Crippen molar-refractivity contribution in [1.29, 1.82) is 0 Å². The minimum atomic E-state index is 0.877. The maximum Gasteiger partial charge on any atom is 0.145 e. The largest absolute Gasteiger partial charge is 0.455 e. The molecule has 4 heteroatoms. The Morgan fingerprint density at radius 2 is 0.879 bits per heavy atom. The first-order valence-corrected chi connectivity index (χ1v) is 19.7. The van der Waals surface area contributed by atoms with Gasteiger partial charge in [-0.25, -0.2) is 0 Å². The van der Waals surface area contributed by atoms with E-state index >= 15 is 0 Å². The van der Waals surface area contributed by atoms with E-state index in [4.69, 9.17) is 8.83 Å². The molecule has 3 aromatic heterocycles. The molecule has 0 unspecified atom stereocenters. The number of hydrogen-bond acceptors (Lipinski definition) is 3. The molecule has 0 aliphatic heterocycles. The number of hydrogen-bond donors (Lipinski definition) is 0.